The van der Waals surface area contributed by atoms with Crippen molar-refractivity contribution in [3.63, 3.8) is 0 Å². The molecule has 2 aliphatic heterocycles. The van der Waals surface area contributed by atoms with Crippen molar-refractivity contribution in [2.24, 2.45) is 5.92 Å². The fourth-order valence-corrected chi connectivity index (χ4v) is 5.18. The molecule has 4 heterocycles. The largest absolute Gasteiger partial charge is 0.383 e. The Morgan fingerprint density at radius 2 is 2.09 bits per heavy atom. The van der Waals surface area contributed by atoms with E-state index >= 15 is 0 Å². The summed E-state index contributed by atoms with van der Waals surface area (Å²) >= 11 is 0. The van der Waals surface area contributed by atoms with Gasteiger partial charge in [-0.15, -0.1) is 0 Å². The molecule has 180 valence electrons. The van der Waals surface area contributed by atoms with E-state index in [0.717, 1.165) is 40.6 Å². The van der Waals surface area contributed by atoms with Gasteiger partial charge in [-0.1, -0.05) is 0 Å². The molecule has 0 spiro atoms. The molecule has 3 aromatic rings. The molecule has 0 radical (unpaired) electrons. The van der Waals surface area contributed by atoms with Gasteiger partial charge in [-0.25, -0.2) is 4.98 Å². The minimum absolute atomic E-state index is 0.00171. The lowest BCUT2D eigenvalue weighted by atomic mass is 9.91. The topological polar surface area (TPSA) is 114 Å². The van der Waals surface area contributed by atoms with Crippen LogP contribution in [0.1, 0.15) is 65.5 Å². The molecule has 5 rings (SSSR count). The van der Waals surface area contributed by atoms with Crippen LogP contribution >= 0.6 is 0 Å². The fourth-order valence-electron chi connectivity index (χ4n) is 5.18. The summed E-state index contributed by atoms with van der Waals surface area (Å²) < 4.78 is 11.4. The summed E-state index contributed by atoms with van der Waals surface area (Å²) in [6.45, 7) is 6.30. The Morgan fingerprint density at radius 3 is 2.80 bits per heavy atom. The summed E-state index contributed by atoms with van der Waals surface area (Å²) in [5.41, 5.74) is 10.7. The third-order valence-corrected chi connectivity index (χ3v) is 7.28. The number of nitrogens with zero attached hydrogens (tertiary/aromatic N) is 4. The first-order valence-electron chi connectivity index (χ1n) is 12.0. The van der Waals surface area contributed by atoms with E-state index in [2.05, 4.69) is 23.0 Å². The molecule has 0 bridgehead atoms. The number of rotatable bonds is 5. The van der Waals surface area contributed by atoms with Gasteiger partial charge in [-0.3, -0.25) is 9.78 Å². The number of nitriles is 1. The Hall–Kier alpha value is -3.54. The predicted molar refractivity (Wildman–Crippen MR) is 131 cm³/mol. The molecule has 1 saturated heterocycles. The number of fused-ring (bicyclic) bond motifs is 3. The standard InChI is InChI=1S/C27H29N5O3/c1-16(19-7-9-34-10-8-19)32(14-21-5-3-18(12-28)13-30-21)27(33)20-4-6-24-22(11-20)23-15-35-17(2)25(23)26(29)31-24/h3-6,11,13,16-17,19H,7-10,14-15H2,1-2H3,(H2,29,31)/t16-,17-/m1/s1. The number of pyridine rings is 2. The number of aromatic nitrogens is 2. The third kappa shape index (κ3) is 4.45. The van der Waals surface area contributed by atoms with Crippen molar-refractivity contribution in [2.75, 3.05) is 18.9 Å². The predicted octanol–water partition coefficient (Wildman–Crippen LogP) is 4.13. The zero-order valence-corrected chi connectivity index (χ0v) is 20.0. The van der Waals surface area contributed by atoms with Gasteiger partial charge in [0.05, 0.1) is 36.0 Å². The highest BCUT2D eigenvalue weighted by atomic mass is 16.5. The number of hydrogen-bond donors (Lipinski definition) is 1. The Morgan fingerprint density at radius 1 is 1.29 bits per heavy atom. The number of anilines is 1. The van der Waals surface area contributed by atoms with Crippen LogP contribution in [0.15, 0.2) is 36.5 Å². The van der Waals surface area contributed by atoms with Crippen molar-refractivity contribution in [3.05, 3.63) is 64.5 Å². The summed E-state index contributed by atoms with van der Waals surface area (Å²) in [6.07, 6.45) is 3.26. The van der Waals surface area contributed by atoms with E-state index in [0.29, 0.717) is 49.2 Å². The van der Waals surface area contributed by atoms with E-state index in [9.17, 15) is 4.79 Å². The van der Waals surface area contributed by atoms with Crippen LogP contribution in [0.2, 0.25) is 0 Å². The van der Waals surface area contributed by atoms with Crippen LogP contribution in [0.5, 0.6) is 0 Å². The van der Waals surface area contributed by atoms with Crippen LogP contribution in [0.25, 0.3) is 10.9 Å². The number of hydrogen-bond acceptors (Lipinski definition) is 7. The molecule has 1 aromatic carbocycles. The monoisotopic (exact) mass is 471 g/mol. The number of amides is 1. The quantitative estimate of drug-likeness (QED) is 0.595. The van der Waals surface area contributed by atoms with E-state index < -0.39 is 0 Å². The molecule has 2 aliphatic rings. The lowest BCUT2D eigenvalue weighted by molar-refractivity contribution is 0.0248. The Labute approximate surface area is 204 Å². The molecule has 35 heavy (non-hydrogen) atoms. The van der Waals surface area contributed by atoms with Crippen molar-refractivity contribution >= 4 is 22.6 Å². The van der Waals surface area contributed by atoms with Gasteiger partial charge in [-0.2, -0.15) is 5.26 Å². The summed E-state index contributed by atoms with van der Waals surface area (Å²) in [5, 5.41) is 10.0. The Kier molecular flexibility index (Phi) is 6.37. The van der Waals surface area contributed by atoms with Crippen molar-refractivity contribution in [1.29, 1.82) is 5.26 Å². The van der Waals surface area contributed by atoms with Gasteiger partial charge in [-0.05, 0) is 68.5 Å². The van der Waals surface area contributed by atoms with Crippen LogP contribution in [-0.4, -0.2) is 40.0 Å². The second kappa shape index (κ2) is 9.61. The maximum atomic E-state index is 14.0. The second-order valence-corrected chi connectivity index (χ2v) is 9.35. The van der Waals surface area contributed by atoms with E-state index in [1.165, 1.54) is 0 Å². The average Bonchev–Trinajstić information content (AvgIpc) is 3.29. The maximum absolute atomic E-state index is 14.0. The molecule has 1 fully saturated rings. The molecule has 0 aliphatic carbocycles. The highest BCUT2D eigenvalue weighted by Gasteiger charge is 2.31. The molecule has 1 amide bonds. The van der Waals surface area contributed by atoms with E-state index in [1.54, 1.807) is 12.3 Å². The molecule has 8 nitrogen and oxygen atoms in total. The number of nitrogen functional groups attached to an aromatic ring is 1. The molecular formula is C27H29N5O3. The lowest BCUT2D eigenvalue weighted by Crippen LogP contribution is -2.44. The van der Waals surface area contributed by atoms with Crippen molar-refractivity contribution in [2.45, 2.75) is 52.0 Å². The van der Waals surface area contributed by atoms with Gasteiger partial charge in [0.1, 0.15) is 11.9 Å². The SMILES string of the molecule is C[C@H](C1CCOCC1)N(Cc1ccc(C#N)cn1)C(=O)c1ccc2nc(N)c3c(c2c1)CO[C@@H]3C. The number of carbonyl (C=O) groups excluding carboxylic acids is 1. The van der Waals surface area contributed by atoms with Gasteiger partial charge in [0.2, 0.25) is 0 Å². The van der Waals surface area contributed by atoms with Crippen LogP contribution in [0.3, 0.4) is 0 Å². The van der Waals surface area contributed by atoms with Crippen LogP contribution in [0, 0.1) is 17.2 Å². The zero-order valence-electron chi connectivity index (χ0n) is 20.0. The summed E-state index contributed by atoms with van der Waals surface area (Å²) in [6, 6.07) is 11.2. The van der Waals surface area contributed by atoms with Gasteiger partial charge >= 0.3 is 0 Å². The molecule has 2 atom stereocenters. The number of benzene rings is 1. The smallest absolute Gasteiger partial charge is 0.254 e. The van der Waals surface area contributed by atoms with E-state index in [-0.39, 0.29) is 18.1 Å². The normalized spacial score (nSPS) is 18.7. The Bertz CT molecular complexity index is 1290. The highest BCUT2D eigenvalue weighted by molar-refractivity contribution is 5.99. The first kappa shape index (κ1) is 23.2. The first-order chi connectivity index (χ1) is 17.0. The van der Waals surface area contributed by atoms with Crippen LogP contribution in [0.4, 0.5) is 5.82 Å². The summed E-state index contributed by atoms with van der Waals surface area (Å²) in [7, 11) is 0. The minimum Gasteiger partial charge on any atom is -0.383 e. The minimum atomic E-state index is -0.117. The molecule has 8 heteroatoms. The maximum Gasteiger partial charge on any atom is 0.254 e. The first-order valence-corrected chi connectivity index (χ1v) is 12.0. The van der Waals surface area contributed by atoms with Gasteiger partial charge in [0.25, 0.3) is 5.91 Å². The zero-order chi connectivity index (χ0) is 24.5. The Balaban J connectivity index is 1.51. The molecule has 2 N–H and O–H groups in total. The molecule has 0 saturated carbocycles. The van der Waals surface area contributed by atoms with Crippen molar-refractivity contribution < 1.29 is 14.3 Å². The van der Waals surface area contributed by atoms with Crippen LogP contribution in [-0.2, 0) is 22.6 Å². The summed E-state index contributed by atoms with van der Waals surface area (Å²) in [4.78, 5) is 24.9. The lowest BCUT2D eigenvalue weighted by Gasteiger charge is -2.36. The van der Waals surface area contributed by atoms with E-state index in [1.807, 2.05) is 36.1 Å². The number of ether oxygens (including phenoxy) is 2. The van der Waals surface area contributed by atoms with E-state index in [4.69, 9.17) is 20.5 Å². The van der Waals surface area contributed by atoms with Crippen molar-refractivity contribution in [3.8, 4) is 6.07 Å². The molecule has 2 aromatic heterocycles. The third-order valence-electron chi connectivity index (χ3n) is 7.28. The molecular weight excluding hydrogens is 442 g/mol. The average molecular weight is 472 g/mol. The van der Waals surface area contributed by atoms with Gasteiger partial charge in [0, 0.05) is 42.0 Å². The fraction of sp³-hybridized carbons (Fsp3) is 0.407. The van der Waals surface area contributed by atoms with Gasteiger partial charge < -0.3 is 20.1 Å². The number of nitrogens with two attached hydrogens (primary N) is 1. The number of carbonyl (C=O) groups is 1. The molecule has 0 unspecified atom stereocenters. The van der Waals surface area contributed by atoms with Crippen LogP contribution < -0.4 is 5.73 Å². The second-order valence-electron chi connectivity index (χ2n) is 9.35. The van der Waals surface area contributed by atoms with Crippen molar-refractivity contribution in [1.82, 2.24) is 14.9 Å². The van der Waals surface area contributed by atoms with Gasteiger partial charge in [0.15, 0.2) is 0 Å². The summed E-state index contributed by atoms with van der Waals surface area (Å²) in [5.74, 6) is 0.763. The highest BCUT2D eigenvalue weighted by Crippen LogP contribution is 2.38.